The van der Waals surface area contributed by atoms with Crippen LogP contribution in [0.15, 0.2) is 52.9 Å². The molecule has 1 heteroatoms. The van der Waals surface area contributed by atoms with Crippen molar-refractivity contribution in [3.8, 4) is 0 Å². The van der Waals surface area contributed by atoms with E-state index in [1.165, 1.54) is 32.7 Å². The molecular weight excluding hydrogens is 244 g/mol. The minimum Gasteiger partial charge on any atom is -0.455 e. The first kappa shape index (κ1) is 11.5. The van der Waals surface area contributed by atoms with E-state index in [0.29, 0.717) is 0 Å². The number of furan rings is 1. The van der Waals surface area contributed by atoms with E-state index in [2.05, 4.69) is 62.4 Å². The second-order valence-corrected chi connectivity index (χ2v) is 5.45. The van der Waals surface area contributed by atoms with Gasteiger partial charge in [-0.3, -0.25) is 0 Å². The Morgan fingerprint density at radius 2 is 1.65 bits per heavy atom. The van der Waals surface area contributed by atoms with E-state index < -0.39 is 0 Å². The van der Waals surface area contributed by atoms with Crippen LogP contribution in [0.4, 0.5) is 0 Å². The van der Waals surface area contributed by atoms with Gasteiger partial charge in [0.05, 0.1) is 0 Å². The molecule has 0 aliphatic carbocycles. The van der Waals surface area contributed by atoms with Gasteiger partial charge in [0.25, 0.3) is 0 Å². The highest BCUT2D eigenvalue weighted by molar-refractivity contribution is 6.15. The van der Waals surface area contributed by atoms with Crippen LogP contribution in [0.5, 0.6) is 0 Å². The van der Waals surface area contributed by atoms with Crippen LogP contribution in [0.25, 0.3) is 32.7 Å². The molecule has 4 aromatic rings. The second-order valence-electron chi connectivity index (χ2n) is 5.45. The molecule has 98 valence electrons. The molecule has 0 N–H and O–H groups in total. The lowest BCUT2D eigenvalue weighted by molar-refractivity contribution is 0.672. The summed E-state index contributed by atoms with van der Waals surface area (Å²) < 4.78 is 6.15. The molecule has 20 heavy (non-hydrogen) atoms. The lowest BCUT2D eigenvalue weighted by Gasteiger charge is -1.99. The molecule has 4 rings (SSSR count). The summed E-state index contributed by atoms with van der Waals surface area (Å²) in [6, 6.07) is 17.4. The molecule has 1 nitrogen and oxygen atoms in total. The first-order valence-corrected chi connectivity index (χ1v) is 7.11. The largest absolute Gasteiger partial charge is 0.455 e. The van der Waals surface area contributed by atoms with Crippen molar-refractivity contribution in [2.45, 2.75) is 20.3 Å². The fourth-order valence-corrected chi connectivity index (χ4v) is 2.95. The molecule has 0 saturated carbocycles. The van der Waals surface area contributed by atoms with Crippen LogP contribution in [-0.2, 0) is 6.42 Å². The molecule has 1 heterocycles. The van der Waals surface area contributed by atoms with Gasteiger partial charge in [0.2, 0.25) is 0 Å². The molecule has 0 spiro atoms. The van der Waals surface area contributed by atoms with E-state index in [1.54, 1.807) is 0 Å². The molecule has 0 aliphatic rings. The number of hydrogen-bond donors (Lipinski definition) is 0. The third-order valence-corrected chi connectivity index (χ3v) is 4.08. The van der Waals surface area contributed by atoms with Crippen molar-refractivity contribution in [1.29, 1.82) is 0 Å². The number of hydrogen-bond acceptors (Lipinski definition) is 1. The first-order chi connectivity index (χ1) is 9.76. The third-order valence-electron chi connectivity index (χ3n) is 4.08. The Morgan fingerprint density at radius 1 is 0.850 bits per heavy atom. The van der Waals surface area contributed by atoms with Gasteiger partial charge >= 0.3 is 0 Å². The summed E-state index contributed by atoms with van der Waals surface area (Å²) in [4.78, 5) is 0. The van der Waals surface area contributed by atoms with Gasteiger partial charge in [-0.2, -0.15) is 0 Å². The Hall–Kier alpha value is -2.28. The van der Waals surface area contributed by atoms with E-state index in [-0.39, 0.29) is 0 Å². The van der Waals surface area contributed by atoms with Crippen molar-refractivity contribution in [1.82, 2.24) is 0 Å². The summed E-state index contributed by atoms with van der Waals surface area (Å²) >= 11 is 0. The Balaban J connectivity index is 2.16. The van der Waals surface area contributed by atoms with Crippen molar-refractivity contribution in [3.05, 3.63) is 59.7 Å². The average molecular weight is 260 g/mol. The van der Waals surface area contributed by atoms with Gasteiger partial charge in [-0.15, -0.1) is 0 Å². The Labute approximate surface area is 117 Å². The summed E-state index contributed by atoms with van der Waals surface area (Å²) in [6.07, 6.45) is 1.03. The lowest BCUT2D eigenvalue weighted by atomic mass is 10.0. The number of rotatable bonds is 1. The topological polar surface area (TPSA) is 13.1 Å². The zero-order valence-electron chi connectivity index (χ0n) is 11.7. The highest BCUT2D eigenvalue weighted by Crippen LogP contribution is 2.34. The van der Waals surface area contributed by atoms with Gasteiger partial charge in [0.1, 0.15) is 11.2 Å². The van der Waals surface area contributed by atoms with Crippen LogP contribution in [0.2, 0.25) is 0 Å². The predicted molar refractivity (Wildman–Crippen MR) is 85.3 cm³/mol. The smallest absolute Gasteiger partial charge is 0.143 e. The molecule has 0 radical (unpaired) electrons. The zero-order valence-corrected chi connectivity index (χ0v) is 11.7. The van der Waals surface area contributed by atoms with Gasteiger partial charge in [-0.1, -0.05) is 48.9 Å². The summed E-state index contributed by atoms with van der Waals surface area (Å²) in [5, 5.41) is 4.85. The second kappa shape index (κ2) is 4.11. The molecular formula is C19H16O. The van der Waals surface area contributed by atoms with Gasteiger partial charge < -0.3 is 4.42 Å². The Bertz CT molecular complexity index is 944. The summed E-state index contributed by atoms with van der Waals surface area (Å²) in [6.45, 7) is 4.29. The van der Waals surface area contributed by atoms with Gasteiger partial charge in [0.15, 0.2) is 0 Å². The molecule has 1 aromatic heterocycles. The van der Waals surface area contributed by atoms with Crippen LogP contribution in [0.3, 0.4) is 0 Å². The molecule has 0 atom stereocenters. The maximum absolute atomic E-state index is 6.15. The minimum atomic E-state index is 0.993. The zero-order chi connectivity index (χ0) is 13.7. The molecule has 0 aliphatic heterocycles. The highest BCUT2D eigenvalue weighted by atomic mass is 16.3. The Morgan fingerprint density at radius 3 is 2.50 bits per heavy atom. The van der Waals surface area contributed by atoms with Crippen LogP contribution in [0, 0.1) is 6.92 Å². The van der Waals surface area contributed by atoms with E-state index >= 15 is 0 Å². The van der Waals surface area contributed by atoms with E-state index in [9.17, 15) is 0 Å². The normalized spacial score (nSPS) is 11.7. The summed E-state index contributed by atoms with van der Waals surface area (Å²) in [5.74, 6) is 0. The molecule has 0 amide bonds. The highest BCUT2D eigenvalue weighted by Gasteiger charge is 2.10. The fraction of sp³-hybridized carbons (Fsp3) is 0.158. The average Bonchev–Trinajstić information content (AvgIpc) is 2.84. The summed E-state index contributed by atoms with van der Waals surface area (Å²) in [5.41, 5.74) is 4.59. The van der Waals surface area contributed by atoms with E-state index in [4.69, 9.17) is 4.42 Å². The van der Waals surface area contributed by atoms with Crippen LogP contribution < -0.4 is 0 Å². The molecule has 0 bridgehead atoms. The quantitative estimate of drug-likeness (QED) is 0.433. The van der Waals surface area contributed by atoms with Crippen molar-refractivity contribution in [2.24, 2.45) is 0 Å². The fourth-order valence-electron chi connectivity index (χ4n) is 2.95. The number of aryl methyl sites for hydroxylation is 2. The number of benzene rings is 3. The van der Waals surface area contributed by atoms with Crippen LogP contribution in [0.1, 0.15) is 18.1 Å². The van der Waals surface area contributed by atoms with E-state index in [1.807, 2.05) is 0 Å². The maximum Gasteiger partial charge on any atom is 0.143 e. The van der Waals surface area contributed by atoms with Crippen molar-refractivity contribution in [2.75, 3.05) is 0 Å². The molecule has 0 saturated heterocycles. The maximum atomic E-state index is 6.15. The molecule has 0 fully saturated rings. The SMILES string of the molecule is CCc1ccc2c(c1)oc1c3ccc(C)cc3ccc21. The summed E-state index contributed by atoms with van der Waals surface area (Å²) in [7, 11) is 0. The van der Waals surface area contributed by atoms with Crippen molar-refractivity contribution >= 4 is 32.7 Å². The lowest BCUT2D eigenvalue weighted by Crippen LogP contribution is -1.77. The Kier molecular flexibility index (Phi) is 2.37. The monoisotopic (exact) mass is 260 g/mol. The van der Waals surface area contributed by atoms with Crippen molar-refractivity contribution in [3.63, 3.8) is 0 Å². The number of fused-ring (bicyclic) bond motifs is 5. The van der Waals surface area contributed by atoms with Crippen LogP contribution >= 0.6 is 0 Å². The minimum absolute atomic E-state index is 0.993. The van der Waals surface area contributed by atoms with Gasteiger partial charge in [-0.05, 0) is 36.4 Å². The van der Waals surface area contributed by atoms with E-state index in [0.717, 1.165) is 17.6 Å². The first-order valence-electron chi connectivity index (χ1n) is 7.11. The standard InChI is InChI=1S/C19H16O/c1-3-13-5-8-16-17-9-6-14-10-12(2)4-7-15(14)19(17)20-18(16)11-13/h4-11H,3H2,1-2H3. The van der Waals surface area contributed by atoms with Gasteiger partial charge in [0, 0.05) is 16.2 Å². The molecule has 0 unspecified atom stereocenters. The van der Waals surface area contributed by atoms with Gasteiger partial charge in [-0.25, -0.2) is 0 Å². The van der Waals surface area contributed by atoms with Crippen LogP contribution in [-0.4, -0.2) is 0 Å². The predicted octanol–water partition coefficient (Wildman–Crippen LogP) is 5.61. The molecule has 3 aromatic carbocycles. The third kappa shape index (κ3) is 1.56. The van der Waals surface area contributed by atoms with Crippen molar-refractivity contribution < 1.29 is 4.42 Å².